The second-order valence-corrected chi connectivity index (χ2v) is 6.12. The predicted octanol–water partition coefficient (Wildman–Crippen LogP) is 2.82. The first kappa shape index (κ1) is 17.7. The van der Waals surface area contributed by atoms with E-state index in [1.165, 1.54) is 0 Å². The van der Waals surface area contributed by atoms with Crippen molar-refractivity contribution in [3.8, 4) is 6.07 Å². The Kier molecular flexibility index (Phi) is 6.58. The standard InChI is InChI=1S/C17H22N2O3/c1-17(2,12-16(21)22)11-15(20)19(10-6-9-18)13-14-7-4-3-5-8-14/h3-5,7-8H,6,10-13H2,1-2H3,(H,21,22). The molecule has 1 aromatic rings. The van der Waals surface area contributed by atoms with Crippen LogP contribution in [0.5, 0.6) is 0 Å². The molecule has 22 heavy (non-hydrogen) atoms. The van der Waals surface area contributed by atoms with E-state index in [9.17, 15) is 9.59 Å². The largest absolute Gasteiger partial charge is 0.481 e. The molecule has 0 aromatic heterocycles. The maximum atomic E-state index is 12.5. The van der Waals surface area contributed by atoms with Crippen LogP contribution in [0.4, 0.5) is 0 Å². The normalized spacial score (nSPS) is 10.8. The first-order valence-electron chi connectivity index (χ1n) is 7.24. The lowest BCUT2D eigenvalue weighted by Crippen LogP contribution is -2.35. The molecule has 0 unspecified atom stereocenters. The van der Waals surface area contributed by atoms with Crippen molar-refractivity contribution in [1.29, 1.82) is 5.26 Å². The van der Waals surface area contributed by atoms with Gasteiger partial charge in [-0.2, -0.15) is 5.26 Å². The maximum absolute atomic E-state index is 12.5. The van der Waals surface area contributed by atoms with E-state index < -0.39 is 11.4 Å². The molecule has 0 atom stereocenters. The number of aliphatic carboxylic acids is 1. The predicted molar refractivity (Wildman–Crippen MR) is 82.7 cm³/mol. The molecule has 1 N–H and O–H groups in total. The van der Waals surface area contributed by atoms with Gasteiger partial charge in [0.2, 0.25) is 5.91 Å². The average Bonchev–Trinajstić information content (AvgIpc) is 2.42. The number of benzene rings is 1. The van der Waals surface area contributed by atoms with Crippen LogP contribution in [0.3, 0.4) is 0 Å². The monoisotopic (exact) mass is 302 g/mol. The van der Waals surface area contributed by atoms with Crippen molar-refractivity contribution in [2.24, 2.45) is 5.41 Å². The van der Waals surface area contributed by atoms with Gasteiger partial charge in [0.05, 0.1) is 18.9 Å². The van der Waals surface area contributed by atoms with Gasteiger partial charge in [0.15, 0.2) is 0 Å². The molecule has 1 rings (SSSR count). The molecular formula is C17H22N2O3. The van der Waals surface area contributed by atoms with E-state index in [4.69, 9.17) is 10.4 Å². The minimum Gasteiger partial charge on any atom is -0.481 e. The van der Waals surface area contributed by atoms with Gasteiger partial charge in [0.1, 0.15) is 0 Å². The number of carboxylic acids is 1. The molecule has 118 valence electrons. The van der Waals surface area contributed by atoms with Gasteiger partial charge in [0, 0.05) is 19.5 Å². The Morgan fingerprint density at radius 2 is 1.86 bits per heavy atom. The summed E-state index contributed by atoms with van der Waals surface area (Å²) < 4.78 is 0. The summed E-state index contributed by atoms with van der Waals surface area (Å²) in [6.45, 7) is 4.33. The van der Waals surface area contributed by atoms with Crippen LogP contribution < -0.4 is 0 Å². The highest BCUT2D eigenvalue weighted by atomic mass is 16.4. The molecule has 1 amide bonds. The number of hydrogen-bond acceptors (Lipinski definition) is 3. The number of amides is 1. The van der Waals surface area contributed by atoms with Gasteiger partial charge in [0.25, 0.3) is 0 Å². The summed E-state index contributed by atoms with van der Waals surface area (Å²) in [6, 6.07) is 11.6. The van der Waals surface area contributed by atoms with Crippen molar-refractivity contribution in [3.05, 3.63) is 35.9 Å². The fourth-order valence-electron chi connectivity index (χ4n) is 2.27. The van der Waals surface area contributed by atoms with Crippen LogP contribution in [-0.2, 0) is 16.1 Å². The second-order valence-electron chi connectivity index (χ2n) is 6.12. The summed E-state index contributed by atoms with van der Waals surface area (Å²) in [7, 11) is 0. The summed E-state index contributed by atoms with van der Waals surface area (Å²) in [4.78, 5) is 25.0. The first-order valence-corrected chi connectivity index (χ1v) is 7.24. The highest BCUT2D eigenvalue weighted by Gasteiger charge is 2.27. The van der Waals surface area contributed by atoms with Crippen LogP contribution in [0.15, 0.2) is 30.3 Å². The van der Waals surface area contributed by atoms with E-state index in [2.05, 4.69) is 0 Å². The molecule has 0 aliphatic rings. The minimum absolute atomic E-state index is 0.0594. The second kappa shape index (κ2) is 8.18. The molecule has 0 aliphatic heterocycles. The number of nitrogens with zero attached hydrogens (tertiary/aromatic N) is 2. The van der Waals surface area contributed by atoms with Crippen molar-refractivity contribution in [3.63, 3.8) is 0 Å². The summed E-state index contributed by atoms with van der Waals surface area (Å²) >= 11 is 0. The van der Waals surface area contributed by atoms with Gasteiger partial charge < -0.3 is 10.0 Å². The zero-order valence-electron chi connectivity index (χ0n) is 13.1. The number of hydrogen-bond donors (Lipinski definition) is 1. The number of carboxylic acid groups (broad SMARTS) is 1. The van der Waals surface area contributed by atoms with E-state index >= 15 is 0 Å². The lowest BCUT2D eigenvalue weighted by atomic mass is 9.85. The van der Waals surface area contributed by atoms with E-state index in [1.54, 1.807) is 18.7 Å². The Hall–Kier alpha value is -2.35. The van der Waals surface area contributed by atoms with Crippen molar-refractivity contribution >= 4 is 11.9 Å². The third-order valence-corrected chi connectivity index (χ3v) is 3.32. The lowest BCUT2D eigenvalue weighted by molar-refractivity contribution is -0.140. The molecule has 0 bridgehead atoms. The number of nitriles is 1. The van der Waals surface area contributed by atoms with Gasteiger partial charge in [-0.3, -0.25) is 9.59 Å². The first-order chi connectivity index (χ1) is 10.3. The number of rotatable bonds is 8. The molecule has 0 aliphatic carbocycles. The number of carbonyl (C=O) groups is 2. The third kappa shape index (κ3) is 6.40. The van der Waals surface area contributed by atoms with Crippen LogP contribution in [0.2, 0.25) is 0 Å². The molecular weight excluding hydrogens is 280 g/mol. The molecule has 5 heteroatoms. The molecule has 0 fully saturated rings. The Morgan fingerprint density at radius 3 is 2.41 bits per heavy atom. The zero-order chi connectivity index (χ0) is 16.6. The van der Waals surface area contributed by atoms with Gasteiger partial charge in [-0.15, -0.1) is 0 Å². The van der Waals surface area contributed by atoms with Crippen LogP contribution in [0, 0.1) is 16.7 Å². The smallest absolute Gasteiger partial charge is 0.303 e. The van der Waals surface area contributed by atoms with Crippen LogP contribution in [-0.4, -0.2) is 28.4 Å². The van der Waals surface area contributed by atoms with E-state index in [1.807, 2.05) is 36.4 Å². The molecule has 0 saturated carbocycles. The van der Waals surface area contributed by atoms with Crippen molar-refractivity contribution in [2.75, 3.05) is 6.54 Å². The fraction of sp³-hybridized carbons (Fsp3) is 0.471. The van der Waals surface area contributed by atoms with Gasteiger partial charge in [-0.25, -0.2) is 0 Å². The minimum atomic E-state index is -0.913. The molecule has 1 aromatic carbocycles. The third-order valence-electron chi connectivity index (χ3n) is 3.32. The lowest BCUT2D eigenvalue weighted by Gasteiger charge is -2.28. The highest BCUT2D eigenvalue weighted by molar-refractivity contribution is 5.78. The van der Waals surface area contributed by atoms with Crippen molar-refractivity contribution in [1.82, 2.24) is 4.90 Å². The SMILES string of the molecule is CC(C)(CC(=O)O)CC(=O)N(CCC#N)Cc1ccccc1. The van der Waals surface area contributed by atoms with Crippen LogP contribution in [0.25, 0.3) is 0 Å². The Labute approximate surface area is 131 Å². The van der Waals surface area contributed by atoms with E-state index in [0.29, 0.717) is 13.1 Å². The topological polar surface area (TPSA) is 81.4 Å². The Bertz CT molecular complexity index is 547. The van der Waals surface area contributed by atoms with Gasteiger partial charge in [-0.1, -0.05) is 44.2 Å². The molecule has 0 heterocycles. The summed E-state index contributed by atoms with van der Waals surface area (Å²) in [5.74, 6) is -1.03. The number of carbonyl (C=O) groups excluding carboxylic acids is 1. The highest BCUT2D eigenvalue weighted by Crippen LogP contribution is 2.26. The fourth-order valence-corrected chi connectivity index (χ4v) is 2.27. The quantitative estimate of drug-likeness (QED) is 0.800. The zero-order valence-corrected chi connectivity index (χ0v) is 13.1. The van der Waals surface area contributed by atoms with Crippen molar-refractivity contribution < 1.29 is 14.7 Å². The van der Waals surface area contributed by atoms with Crippen LogP contribution >= 0.6 is 0 Å². The summed E-state index contributed by atoms with van der Waals surface area (Å²) in [5, 5.41) is 17.7. The van der Waals surface area contributed by atoms with Gasteiger partial charge in [-0.05, 0) is 11.0 Å². The van der Waals surface area contributed by atoms with Crippen molar-refractivity contribution in [2.45, 2.75) is 39.7 Å². The van der Waals surface area contributed by atoms with Gasteiger partial charge >= 0.3 is 5.97 Å². The summed E-state index contributed by atoms with van der Waals surface area (Å²) in [6.07, 6.45) is 0.353. The average molecular weight is 302 g/mol. The Morgan fingerprint density at radius 1 is 1.23 bits per heavy atom. The molecule has 0 saturated heterocycles. The molecule has 0 spiro atoms. The summed E-state index contributed by atoms with van der Waals surface area (Å²) in [5.41, 5.74) is 0.384. The maximum Gasteiger partial charge on any atom is 0.303 e. The van der Waals surface area contributed by atoms with Crippen LogP contribution in [0.1, 0.15) is 38.7 Å². The Balaban J connectivity index is 2.76. The molecule has 0 radical (unpaired) electrons. The molecule has 5 nitrogen and oxygen atoms in total. The van der Waals surface area contributed by atoms with E-state index in [0.717, 1.165) is 5.56 Å². The van der Waals surface area contributed by atoms with E-state index in [-0.39, 0.29) is 25.2 Å².